The number of benzene rings is 2. The summed E-state index contributed by atoms with van der Waals surface area (Å²) in [5.41, 5.74) is 3.03. The SMILES string of the molecule is O=C(Nc1ccc(-c2csnn2)cc1)c1ccc(S(=O)(=O)Nc2ccncc2)cc1. The molecule has 0 fully saturated rings. The molecule has 2 heterocycles. The molecular formula is C20H15N5O3S2. The highest BCUT2D eigenvalue weighted by Crippen LogP contribution is 2.21. The monoisotopic (exact) mass is 437 g/mol. The molecule has 0 atom stereocenters. The van der Waals surface area contributed by atoms with Crippen molar-refractivity contribution in [1.29, 1.82) is 0 Å². The number of aromatic nitrogens is 3. The van der Waals surface area contributed by atoms with Gasteiger partial charge in [-0.05, 0) is 60.1 Å². The molecule has 4 aromatic rings. The standard InChI is InChI=1S/C20H15N5O3S2/c26-20(22-16-5-1-14(2-6-16)19-13-29-25-23-19)15-3-7-18(8-4-15)30(27,28)24-17-9-11-21-12-10-17/h1-13H,(H,21,24)(H,22,26). The van der Waals surface area contributed by atoms with E-state index in [1.807, 2.05) is 17.5 Å². The van der Waals surface area contributed by atoms with Gasteiger partial charge in [0.15, 0.2) is 0 Å². The molecule has 2 aromatic carbocycles. The molecule has 2 N–H and O–H groups in total. The maximum atomic E-state index is 12.5. The van der Waals surface area contributed by atoms with Crippen molar-refractivity contribution in [3.63, 3.8) is 0 Å². The maximum Gasteiger partial charge on any atom is 0.261 e. The first-order chi connectivity index (χ1) is 14.5. The molecule has 1 amide bonds. The van der Waals surface area contributed by atoms with Crippen LogP contribution in [0.25, 0.3) is 11.3 Å². The summed E-state index contributed by atoms with van der Waals surface area (Å²) in [4.78, 5) is 16.4. The molecular weight excluding hydrogens is 422 g/mol. The van der Waals surface area contributed by atoms with Crippen molar-refractivity contribution in [3.8, 4) is 11.3 Å². The average molecular weight is 438 g/mol. The third-order valence-corrected chi connectivity index (χ3v) is 6.06. The zero-order valence-corrected chi connectivity index (χ0v) is 17.0. The highest BCUT2D eigenvalue weighted by atomic mass is 32.2. The zero-order chi connectivity index (χ0) is 21.0. The molecule has 0 bridgehead atoms. The van der Waals surface area contributed by atoms with Crippen LogP contribution >= 0.6 is 11.5 Å². The van der Waals surface area contributed by atoms with E-state index in [2.05, 4.69) is 24.6 Å². The summed E-state index contributed by atoms with van der Waals surface area (Å²) in [7, 11) is -3.76. The molecule has 150 valence electrons. The Labute approximate surface area is 176 Å². The lowest BCUT2D eigenvalue weighted by atomic mass is 10.1. The van der Waals surface area contributed by atoms with Crippen molar-refractivity contribution < 1.29 is 13.2 Å². The molecule has 0 aliphatic heterocycles. The van der Waals surface area contributed by atoms with Gasteiger partial charge < -0.3 is 5.32 Å². The molecule has 10 heteroatoms. The van der Waals surface area contributed by atoms with Crippen LogP contribution in [0.15, 0.2) is 83.3 Å². The van der Waals surface area contributed by atoms with Gasteiger partial charge in [0.25, 0.3) is 15.9 Å². The highest BCUT2D eigenvalue weighted by molar-refractivity contribution is 7.92. The van der Waals surface area contributed by atoms with E-state index in [-0.39, 0.29) is 10.8 Å². The van der Waals surface area contributed by atoms with Gasteiger partial charge in [0.05, 0.1) is 10.6 Å². The van der Waals surface area contributed by atoms with Gasteiger partial charge in [-0.2, -0.15) is 0 Å². The quantitative estimate of drug-likeness (QED) is 0.476. The van der Waals surface area contributed by atoms with E-state index in [0.29, 0.717) is 16.9 Å². The Morgan fingerprint density at radius 3 is 2.20 bits per heavy atom. The van der Waals surface area contributed by atoms with Crippen LogP contribution in [-0.4, -0.2) is 28.9 Å². The summed E-state index contributed by atoms with van der Waals surface area (Å²) in [6.45, 7) is 0. The third-order valence-electron chi connectivity index (χ3n) is 4.16. The molecule has 30 heavy (non-hydrogen) atoms. The summed E-state index contributed by atoms with van der Waals surface area (Å²) in [5, 5.41) is 8.63. The Bertz CT molecular complexity index is 1240. The van der Waals surface area contributed by atoms with Crippen LogP contribution in [0.5, 0.6) is 0 Å². The van der Waals surface area contributed by atoms with Crippen molar-refractivity contribution in [2.75, 3.05) is 10.0 Å². The van der Waals surface area contributed by atoms with E-state index in [4.69, 9.17) is 0 Å². The van der Waals surface area contributed by atoms with Gasteiger partial charge in [-0.1, -0.05) is 16.6 Å². The summed E-state index contributed by atoms with van der Waals surface area (Å²) in [6, 6.07) is 16.0. The number of nitrogens with one attached hydrogen (secondary N) is 2. The molecule has 0 saturated heterocycles. The number of pyridine rings is 1. The van der Waals surface area contributed by atoms with Crippen molar-refractivity contribution >= 4 is 38.8 Å². The van der Waals surface area contributed by atoms with Crippen LogP contribution in [0.2, 0.25) is 0 Å². The number of sulfonamides is 1. The zero-order valence-electron chi connectivity index (χ0n) is 15.4. The summed E-state index contributed by atoms with van der Waals surface area (Å²) in [5.74, 6) is -0.343. The van der Waals surface area contributed by atoms with E-state index in [1.165, 1.54) is 48.2 Å². The Morgan fingerprint density at radius 1 is 0.867 bits per heavy atom. The Hall–Kier alpha value is -3.63. The fourth-order valence-corrected chi connectivity index (χ4v) is 4.16. The number of anilines is 2. The molecule has 2 aromatic heterocycles. The van der Waals surface area contributed by atoms with Crippen LogP contribution in [0, 0.1) is 0 Å². The van der Waals surface area contributed by atoms with Gasteiger partial charge in [-0.3, -0.25) is 14.5 Å². The molecule has 0 spiro atoms. The highest BCUT2D eigenvalue weighted by Gasteiger charge is 2.15. The van der Waals surface area contributed by atoms with E-state index in [9.17, 15) is 13.2 Å². The van der Waals surface area contributed by atoms with Gasteiger partial charge >= 0.3 is 0 Å². The second kappa shape index (κ2) is 8.39. The van der Waals surface area contributed by atoms with Crippen LogP contribution < -0.4 is 10.0 Å². The first-order valence-electron chi connectivity index (χ1n) is 8.73. The Morgan fingerprint density at radius 2 is 1.57 bits per heavy atom. The van der Waals surface area contributed by atoms with Crippen LogP contribution in [0.4, 0.5) is 11.4 Å². The number of hydrogen-bond donors (Lipinski definition) is 2. The number of nitrogens with zero attached hydrogens (tertiary/aromatic N) is 3. The van der Waals surface area contributed by atoms with Crippen LogP contribution in [-0.2, 0) is 10.0 Å². The lowest BCUT2D eigenvalue weighted by Crippen LogP contribution is -2.14. The summed E-state index contributed by atoms with van der Waals surface area (Å²) >= 11 is 1.27. The molecule has 0 saturated carbocycles. The van der Waals surface area contributed by atoms with Crippen molar-refractivity contribution in [1.82, 2.24) is 14.6 Å². The minimum Gasteiger partial charge on any atom is -0.322 e. The number of carbonyl (C=O) groups is 1. The van der Waals surface area contributed by atoms with Crippen LogP contribution in [0.1, 0.15) is 10.4 Å². The molecule has 0 aliphatic carbocycles. The van der Waals surface area contributed by atoms with Crippen molar-refractivity contribution in [3.05, 3.63) is 84.0 Å². The first-order valence-corrected chi connectivity index (χ1v) is 11.0. The summed E-state index contributed by atoms with van der Waals surface area (Å²) < 4.78 is 31.2. The van der Waals surface area contributed by atoms with Crippen LogP contribution in [0.3, 0.4) is 0 Å². The maximum absolute atomic E-state index is 12.5. The normalized spacial score (nSPS) is 11.1. The molecule has 0 unspecified atom stereocenters. The van der Waals surface area contributed by atoms with Gasteiger partial charge in [0, 0.05) is 34.6 Å². The molecule has 0 aliphatic rings. The third kappa shape index (κ3) is 4.50. The minimum absolute atomic E-state index is 0.0529. The molecule has 0 radical (unpaired) electrons. The molecule has 8 nitrogen and oxygen atoms in total. The van der Waals surface area contributed by atoms with Gasteiger partial charge in [0.2, 0.25) is 0 Å². The van der Waals surface area contributed by atoms with E-state index in [0.717, 1.165) is 11.3 Å². The number of amides is 1. The smallest absolute Gasteiger partial charge is 0.261 e. The summed E-state index contributed by atoms with van der Waals surface area (Å²) in [6.07, 6.45) is 2.98. The predicted octanol–water partition coefficient (Wildman–Crippen LogP) is 3.65. The predicted molar refractivity (Wildman–Crippen MR) is 115 cm³/mol. The second-order valence-corrected chi connectivity index (χ2v) is 8.48. The molecule has 4 rings (SSSR count). The fourth-order valence-electron chi connectivity index (χ4n) is 2.64. The Kier molecular flexibility index (Phi) is 5.50. The topological polar surface area (TPSA) is 114 Å². The average Bonchev–Trinajstić information content (AvgIpc) is 3.30. The first kappa shape index (κ1) is 19.7. The Balaban J connectivity index is 1.44. The number of rotatable bonds is 6. The lowest BCUT2D eigenvalue weighted by molar-refractivity contribution is 0.102. The lowest BCUT2D eigenvalue weighted by Gasteiger charge is -2.09. The second-order valence-electron chi connectivity index (χ2n) is 6.19. The van der Waals surface area contributed by atoms with Crippen molar-refractivity contribution in [2.45, 2.75) is 4.90 Å². The largest absolute Gasteiger partial charge is 0.322 e. The van der Waals surface area contributed by atoms with Gasteiger partial charge in [-0.15, -0.1) is 5.10 Å². The van der Waals surface area contributed by atoms with Gasteiger partial charge in [-0.25, -0.2) is 8.42 Å². The van der Waals surface area contributed by atoms with E-state index < -0.39 is 10.0 Å². The van der Waals surface area contributed by atoms with Crippen molar-refractivity contribution in [2.24, 2.45) is 0 Å². The number of hydrogen-bond acceptors (Lipinski definition) is 7. The minimum atomic E-state index is -3.76. The number of carbonyl (C=O) groups excluding carboxylic acids is 1. The van der Waals surface area contributed by atoms with E-state index >= 15 is 0 Å². The fraction of sp³-hybridized carbons (Fsp3) is 0. The van der Waals surface area contributed by atoms with Gasteiger partial charge in [0.1, 0.15) is 5.69 Å². The van der Waals surface area contributed by atoms with E-state index in [1.54, 1.807) is 24.3 Å².